The fourth-order valence-electron chi connectivity index (χ4n) is 1.72. The Bertz CT molecular complexity index is 522. The van der Waals surface area contributed by atoms with Gasteiger partial charge in [-0.2, -0.15) is 5.26 Å². The molecule has 1 N–H and O–H groups in total. The van der Waals surface area contributed by atoms with E-state index < -0.39 is 0 Å². The third-order valence-electron chi connectivity index (χ3n) is 2.75. The molecule has 1 heterocycles. The van der Waals surface area contributed by atoms with E-state index >= 15 is 0 Å². The highest BCUT2D eigenvalue weighted by atomic mass is 32.2. The molecule has 0 unspecified atom stereocenters. The van der Waals surface area contributed by atoms with E-state index in [1.165, 1.54) is 11.8 Å². The summed E-state index contributed by atoms with van der Waals surface area (Å²) in [5, 5.41) is 11.5. The van der Waals surface area contributed by atoms with Gasteiger partial charge in [-0.1, -0.05) is 11.8 Å². The normalized spacial score (nSPS) is 14.3. The Balaban J connectivity index is 1.80. The van der Waals surface area contributed by atoms with Crippen molar-refractivity contribution in [3.63, 3.8) is 0 Å². The predicted molar refractivity (Wildman–Crippen MR) is 73.8 cm³/mol. The maximum atomic E-state index is 11.7. The summed E-state index contributed by atoms with van der Waals surface area (Å²) < 4.78 is 0. The van der Waals surface area contributed by atoms with Crippen LogP contribution in [0.1, 0.15) is 12.0 Å². The van der Waals surface area contributed by atoms with E-state index in [4.69, 9.17) is 5.26 Å². The third kappa shape index (κ3) is 3.73. The highest BCUT2D eigenvalue weighted by molar-refractivity contribution is 8.13. The number of rotatable bonds is 4. The van der Waals surface area contributed by atoms with Gasteiger partial charge in [0.2, 0.25) is 5.91 Å². The van der Waals surface area contributed by atoms with Crippen molar-refractivity contribution in [1.82, 2.24) is 4.90 Å². The standard InChI is InChI=1S/C13H13N3O2S/c14-9-10-1-3-11(4-2-10)15-12(17)5-6-16-7-8-19-13(16)18/h1-4H,5-8H2,(H,15,17). The predicted octanol–water partition coefficient (Wildman–Crippen LogP) is 2.06. The molecular formula is C13H13N3O2S. The van der Waals surface area contributed by atoms with Crippen molar-refractivity contribution in [1.29, 1.82) is 5.26 Å². The number of nitrogens with one attached hydrogen (secondary N) is 1. The third-order valence-corrected chi connectivity index (χ3v) is 3.64. The second kappa shape index (κ2) is 6.25. The number of thioether (sulfide) groups is 1. The summed E-state index contributed by atoms with van der Waals surface area (Å²) in [6.07, 6.45) is 0.284. The van der Waals surface area contributed by atoms with Crippen molar-refractivity contribution in [2.75, 3.05) is 24.2 Å². The molecule has 2 rings (SSSR count). The van der Waals surface area contributed by atoms with Crippen molar-refractivity contribution in [2.45, 2.75) is 6.42 Å². The summed E-state index contributed by atoms with van der Waals surface area (Å²) in [5.74, 6) is 0.671. The highest BCUT2D eigenvalue weighted by Crippen LogP contribution is 2.17. The molecule has 0 aliphatic carbocycles. The molecule has 1 fully saturated rings. The van der Waals surface area contributed by atoms with Crippen LogP contribution in [0.25, 0.3) is 0 Å². The number of nitrogens with zero attached hydrogens (tertiary/aromatic N) is 2. The molecule has 1 aromatic rings. The fourth-order valence-corrected chi connectivity index (χ4v) is 2.57. The largest absolute Gasteiger partial charge is 0.332 e. The minimum Gasteiger partial charge on any atom is -0.332 e. The summed E-state index contributed by atoms with van der Waals surface area (Å²) in [7, 11) is 0. The van der Waals surface area contributed by atoms with Crippen LogP contribution in [0.4, 0.5) is 10.5 Å². The van der Waals surface area contributed by atoms with Crippen LogP contribution in [-0.2, 0) is 4.79 Å². The van der Waals surface area contributed by atoms with Gasteiger partial charge in [-0.05, 0) is 24.3 Å². The van der Waals surface area contributed by atoms with E-state index in [1.807, 2.05) is 6.07 Å². The second-order valence-electron chi connectivity index (χ2n) is 4.09. The van der Waals surface area contributed by atoms with E-state index in [9.17, 15) is 9.59 Å². The summed E-state index contributed by atoms with van der Waals surface area (Å²) in [6.45, 7) is 1.17. The molecule has 0 bridgehead atoms. The Labute approximate surface area is 115 Å². The number of anilines is 1. The number of benzene rings is 1. The number of hydrogen-bond donors (Lipinski definition) is 1. The molecule has 1 aliphatic heterocycles. The molecule has 98 valence electrons. The van der Waals surface area contributed by atoms with Crippen LogP contribution >= 0.6 is 11.8 Å². The van der Waals surface area contributed by atoms with E-state index in [0.717, 1.165) is 5.75 Å². The minimum atomic E-state index is -0.130. The van der Waals surface area contributed by atoms with Gasteiger partial charge in [-0.15, -0.1) is 0 Å². The molecule has 0 atom stereocenters. The van der Waals surface area contributed by atoms with Crippen LogP contribution in [0.3, 0.4) is 0 Å². The quantitative estimate of drug-likeness (QED) is 0.912. The summed E-state index contributed by atoms with van der Waals surface area (Å²) >= 11 is 1.29. The van der Waals surface area contributed by atoms with Crippen molar-refractivity contribution in [3.05, 3.63) is 29.8 Å². The number of hydrogen-bond acceptors (Lipinski definition) is 4. The molecule has 2 amide bonds. The average Bonchev–Trinajstić information content (AvgIpc) is 2.83. The van der Waals surface area contributed by atoms with Gasteiger partial charge in [0.25, 0.3) is 5.24 Å². The molecular weight excluding hydrogens is 262 g/mol. The Kier molecular flexibility index (Phi) is 4.42. The van der Waals surface area contributed by atoms with Gasteiger partial charge in [0.1, 0.15) is 0 Å². The van der Waals surface area contributed by atoms with Crippen LogP contribution in [0.5, 0.6) is 0 Å². The fraction of sp³-hybridized carbons (Fsp3) is 0.308. The lowest BCUT2D eigenvalue weighted by Crippen LogP contribution is -2.27. The van der Waals surface area contributed by atoms with Crippen LogP contribution in [0, 0.1) is 11.3 Å². The van der Waals surface area contributed by atoms with Gasteiger partial charge in [0.05, 0.1) is 11.6 Å². The maximum absolute atomic E-state index is 11.7. The van der Waals surface area contributed by atoms with E-state index in [1.54, 1.807) is 29.2 Å². The van der Waals surface area contributed by atoms with Crippen LogP contribution < -0.4 is 5.32 Å². The van der Waals surface area contributed by atoms with Gasteiger partial charge < -0.3 is 10.2 Å². The molecule has 1 aromatic carbocycles. The molecule has 1 aliphatic rings. The highest BCUT2D eigenvalue weighted by Gasteiger charge is 2.21. The Hall–Kier alpha value is -2.00. The van der Waals surface area contributed by atoms with E-state index in [2.05, 4.69) is 5.32 Å². The van der Waals surface area contributed by atoms with E-state index in [-0.39, 0.29) is 17.6 Å². The van der Waals surface area contributed by atoms with Crippen LogP contribution in [0.15, 0.2) is 24.3 Å². The first-order chi connectivity index (χ1) is 9.19. The molecule has 5 nitrogen and oxygen atoms in total. The van der Waals surface area contributed by atoms with Gasteiger partial charge in [-0.25, -0.2) is 0 Å². The monoisotopic (exact) mass is 275 g/mol. The topological polar surface area (TPSA) is 73.2 Å². The Morgan fingerprint density at radius 3 is 2.74 bits per heavy atom. The van der Waals surface area contributed by atoms with Crippen LogP contribution in [0.2, 0.25) is 0 Å². The smallest absolute Gasteiger partial charge is 0.281 e. The first-order valence-corrected chi connectivity index (χ1v) is 6.89. The lowest BCUT2D eigenvalue weighted by molar-refractivity contribution is -0.116. The van der Waals surface area contributed by atoms with Crippen LogP contribution in [-0.4, -0.2) is 34.9 Å². The van der Waals surface area contributed by atoms with Gasteiger partial charge >= 0.3 is 0 Å². The minimum absolute atomic E-state index is 0.0474. The second-order valence-corrected chi connectivity index (χ2v) is 5.13. The van der Waals surface area contributed by atoms with Gasteiger partial charge in [0, 0.05) is 31.0 Å². The van der Waals surface area contributed by atoms with Crippen molar-refractivity contribution in [2.24, 2.45) is 0 Å². The molecule has 0 spiro atoms. The number of carbonyl (C=O) groups excluding carboxylic acids is 2. The number of amides is 2. The maximum Gasteiger partial charge on any atom is 0.281 e. The molecule has 19 heavy (non-hydrogen) atoms. The van der Waals surface area contributed by atoms with Crippen molar-refractivity contribution in [3.8, 4) is 6.07 Å². The first kappa shape index (κ1) is 13.4. The molecule has 0 aromatic heterocycles. The Morgan fingerprint density at radius 1 is 1.42 bits per heavy atom. The number of carbonyl (C=O) groups is 2. The zero-order chi connectivity index (χ0) is 13.7. The molecule has 6 heteroatoms. The first-order valence-electron chi connectivity index (χ1n) is 5.91. The Morgan fingerprint density at radius 2 is 2.16 bits per heavy atom. The summed E-state index contributed by atoms with van der Waals surface area (Å²) in [5.41, 5.74) is 1.21. The molecule has 0 saturated carbocycles. The van der Waals surface area contributed by atoms with Gasteiger partial charge in [-0.3, -0.25) is 9.59 Å². The molecule has 1 saturated heterocycles. The van der Waals surface area contributed by atoms with Crippen molar-refractivity contribution >= 4 is 28.6 Å². The van der Waals surface area contributed by atoms with Gasteiger partial charge in [0.15, 0.2) is 0 Å². The lowest BCUT2D eigenvalue weighted by Gasteiger charge is -2.13. The number of nitriles is 1. The van der Waals surface area contributed by atoms with E-state index in [0.29, 0.717) is 24.3 Å². The summed E-state index contributed by atoms with van der Waals surface area (Å²) in [4.78, 5) is 24.7. The van der Waals surface area contributed by atoms with Crippen molar-refractivity contribution < 1.29 is 9.59 Å². The zero-order valence-corrected chi connectivity index (χ0v) is 11.1. The summed E-state index contributed by atoms with van der Waals surface area (Å²) in [6, 6.07) is 8.69. The SMILES string of the molecule is N#Cc1ccc(NC(=O)CCN2CCSC2=O)cc1. The molecule has 0 radical (unpaired) electrons. The lowest BCUT2D eigenvalue weighted by atomic mass is 10.2. The average molecular weight is 275 g/mol. The zero-order valence-electron chi connectivity index (χ0n) is 10.3.